The van der Waals surface area contributed by atoms with Gasteiger partial charge in [-0.15, -0.1) is 0 Å². The maximum Gasteiger partial charge on any atom is 0.222 e. The Morgan fingerprint density at radius 2 is 2.12 bits per heavy atom. The lowest BCUT2D eigenvalue weighted by molar-refractivity contribution is 0.265. The van der Waals surface area contributed by atoms with Crippen LogP contribution in [-0.4, -0.2) is 22.1 Å². The second-order valence-corrected chi connectivity index (χ2v) is 6.08. The summed E-state index contributed by atoms with van der Waals surface area (Å²) in [6, 6.07) is 1.97. The molecular formula is C13H22N4. The fourth-order valence-electron chi connectivity index (χ4n) is 1.92. The van der Waals surface area contributed by atoms with Crippen molar-refractivity contribution in [3.63, 3.8) is 0 Å². The largest absolute Gasteiger partial charge is 0.352 e. The first-order chi connectivity index (χ1) is 7.89. The van der Waals surface area contributed by atoms with Gasteiger partial charge in [0.2, 0.25) is 5.95 Å². The van der Waals surface area contributed by atoms with Gasteiger partial charge in [0.25, 0.3) is 0 Å². The topological polar surface area (TPSA) is 63.8 Å². The molecule has 0 amide bonds. The molecule has 4 heteroatoms. The summed E-state index contributed by atoms with van der Waals surface area (Å²) >= 11 is 0. The number of hydrogen-bond donors (Lipinski definition) is 2. The highest BCUT2D eigenvalue weighted by atomic mass is 15.1. The predicted molar refractivity (Wildman–Crippen MR) is 70.0 cm³/mol. The molecule has 1 aromatic heterocycles. The summed E-state index contributed by atoms with van der Waals surface area (Å²) < 4.78 is 0. The molecule has 94 valence electrons. The van der Waals surface area contributed by atoms with Gasteiger partial charge in [-0.25, -0.2) is 9.97 Å². The number of anilines is 1. The highest BCUT2D eigenvalue weighted by molar-refractivity contribution is 5.28. The Bertz CT molecular complexity index is 391. The van der Waals surface area contributed by atoms with Crippen LogP contribution in [-0.2, 0) is 5.41 Å². The van der Waals surface area contributed by atoms with E-state index in [1.807, 2.05) is 6.07 Å². The molecule has 0 aliphatic heterocycles. The van der Waals surface area contributed by atoms with Crippen molar-refractivity contribution in [3.8, 4) is 0 Å². The summed E-state index contributed by atoms with van der Waals surface area (Å²) in [5.74, 6) is 0.689. The van der Waals surface area contributed by atoms with Crippen LogP contribution in [0.5, 0.6) is 0 Å². The average Bonchev–Trinajstić information content (AvgIpc) is 2.23. The second kappa shape index (κ2) is 4.26. The van der Waals surface area contributed by atoms with Gasteiger partial charge in [-0.3, -0.25) is 0 Å². The van der Waals surface area contributed by atoms with Gasteiger partial charge in [-0.1, -0.05) is 20.8 Å². The Morgan fingerprint density at radius 3 is 2.65 bits per heavy atom. The van der Waals surface area contributed by atoms with Gasteiger partial charge < -0.3 is 11.1 Å². The highest BCUT2D eigenvalue weighted by Crippen LogP contribution is 2.29. The van der Waals surface area contributed by atoms with Gasteiger partial charge in [-0.2, -0.15) is 0 Å². The van der Waals surface area contributed by atoms with Crippen molar-refractivity contribution in [2.24, 2.45) is 5.73 Å². The third-order valence-corrected chi connectivity index (χ3v) is 3.37. The van der Waals surface area contributed by atoms with Crippen LogP contribution in [0.2, 0.25) is 0 Å². The molecule has 0 unspecified atom stereocenters. The highest BCUT2D eigenvalue weighted by Gasteiger charge is 2.32. The fraction of sp³-hybridized carbons (Fsp3) is 0.692. The van der Waals surface area contributed by atoms with Crippen molar-refractivity contribution >= 4 is 5.95 Å². The van der Waals surface area contributed by atoms with Gasteiger partial charge >= 0.3 is 0 Å². The first kappa shape index (κ1) is 12.3. The summed E-state index contributed by atoms with van der Waals surface area (Å²) in [5.41, 5.74) is 7.22. The molecule has 3 N–H and O–H groups in total. The number of rotatable bonds is 3. The van der Waals surface area contributed by atoms with E-state index in [2.05, 4.69) is 36.1 Å². The van der Waals surface area contributed by atoms with E-state index in [0.717, 1.165) is 25.1 Å². The minimum atomic E-state index is -0.0406. The molecule has 17 heavy (non-hydrogen) atoms. The minimum absolute atomic E-state index is 0.0406. The zero-order chi connectivity index (χ0) is 12.5. The van der Waals surface area contributed by atoms with Gasteiger partial charge in [0.05, 0.1) is 5.69 Å². The lowest BCUT2D eigenvalue weighted by Gasteiger charge is -2.38. The molecule has 0 spiro atoms. The molecule has 0 saturated heterocycles. The monoisotopic (exact) mass is 234 g/mol. The maximum absolute atomic E-state index is 6.16. The van der Waals surface area contributed by atoms with Crippen molar-refractivity contribution in [1.82, 2.24) is 9.97 Å². The van der Waals surface area contributed by atoms with Crippen molar-refractivity contribution < 1.29 is 0 Å². The predicted octanol–water partition coefficient (Wildman–Crippen LogP) is 2.07. The number of hydrogen-bond acceptors (Lipinski definition) is 4. The van der Waals surface area contributed by atoms with Crippen LogP contribution in [0.1, 0.15) is 45.7 Å². The molecule has 0 radical (unpaired) electrons. The Morgan fingerprint density at radius 1 is 1.41 bits per heavy atom. The first-order valence-electron chi connectivity index (χ1n) is 6.25. The van der Waals surface area contributed by atoms with E-state index < -0.39 is 0 Å². The maximum atomic E-state index is 6.16. The van der Waals surface area contributed by atoms with Crippen molar-refractivity contribution in [2.75, 3.05) is 11.9 Å². The number of aromatic nitrogens is 2. The van der Waals surface area contributed by atoms with Gasteiger partial charge in [0, 0.05) is 23.7 Å². The summed E-state index contributed by atoms with van der Waals surface area (Å²) in [5, 5.41) is 3.25. The average molecular weight is 234 g/mol. The van der Waals surface area contributed by atoms with Crippen LogP contribution >= 0.6 is 0 Å². The molecule has 4 nitrogen and oxygen atoms in total. The van der Waals surface area contributed by atoms with E-state index in [-0.39, 0.29) is 11.0 Å². The SMILES string of the molecule is CC(C)(C)c1ccnc(NCC2(N)CCC2)n1. The Labute approximate surface area is 103 Å². The summed E-state index contributed by atoms with van der Waals surface area (Å²) in [4.78, 5) is 8.76. The third-order valence-electron chi connectivity index (χ3n) is 3.37. The summed E-state index contributed by atoms with van der Waals surface area (Å²) in [7, 11) is 0. The fourth-order valence-corrected chi connectivity index (χ4v) is 1.92. The van der Waals surface area contributed by atoms with E-state index >= 15 is 0 Å². The lowest BCUT2D eigenvalue weighted by Crippen LogP contribution is -2.52. The molecule has 0 atom stereocenters. The lowest BCUT2D eigenvalue weighted by atomic mass is 9.78. The molecule has 0 bridgehead atoms. The molecule has 1 aliphatic rings. The van der Waals surface area contributed by atoms with Crippen LogP contribution in [0.25, 0.3) is 0 Å². The summed E-state index contributed by atoms with van der Waals surface area (Å²) in [6.45, 7) is 7.21. The molecule has 1 fully saturated rings. The quantitative estimate of drug-likeness (QED) is 0.840. The van der Waals surface area contributed by atoms with Gasteiger partial charge in [0.1, 0.15) is 0 Å². The third kappa shape index (κ3) is 2.94. The van der Waals surface area contributed by atoms with Crippen molar-refractivity contribution in [3.05, 3.63) is 18.0 Å². The molecule has 1 heterocycles. The molecular weight excluding hydrogens is 212 g/mol. The zero-order valence-electron chi connectivity index (χ0n) is 11.0. The van der Waals surface area contributed by atoms with E-state index in [1.165, 1.54) is 6.42 Å². The van der Waals surface area contributed by atoms with Crippen LogP contribution in [0.3, 0.4) is 0 Å². The van der Waals surface area contributed by atoms with Crippen LogP contribution in [0, 0.1) is 0 Å². The van der Waals surface area contributed by atoms with Crippen molar-refractivity contribution in [1.29, 1.82) is 0 Å². The molecule has 2 rings (SSSR count). The van der Waals surface area contributed by atoms with Crippen LogP contribution in [0.15, 0.2) is 12.3 Å². The Balaban J connectivity index is 2.01. The Hall–Kier alpha value is -1.16. The molecule has 1 aliphatic carbocycles. The van der Waals surface area contributed by atoms with E-state index in [4.69, 9.17) is 5.73 Å². The van der Waals surface area contributed by atoms with Crippen molar-refractivity contribution in [2.45, 2.75) is 51.0 Å². The summed E-state index contributed by atoms with van der Waals surface area (Å²) in [6.07, 6.45) is 5.23. The number of nitrogens with zero attached hydrogens (tertiary/aromatic N) is 2. The van der Waals surface area contributed by atoms with Crippen LogP contribution in [0.4, 0.5) is 5.95 Å². The van der Waals surface area contributed by atoms with Gasteiger partial charge in [-0.05, 0) is 25.3 Å². The van der Waals surface area contributed by atoms with Gasteiger partial charge in [0.15, 0.2) is 0 Å². The molecule has 0 aromatic carbocycles. The van der Waals surface area contributed by atoms with E-state index in [0.29, 0.717) is 5.95 Å². The normalized spacial score (nSPS) is 18.6. The van der Waals surface area contributed by atoms with E-state index in [1.54, 1.807) is 6.20 Å². The Kier molecular flexibility index (Phi) is 3.08. The number of nitrogens with two attached hydrogens (primary N) is 1. The van der Waals surface area contributed by atoms with E-state index in [9.17, 15) is 0 Å². The molecule has 1 saturated carbocycles. The minimum Gasteiger partial charge on any atom is -0.352 e. The molecule has 1 aromatic rings. The number of nitrogens with one attached hydrogen (secondary N) is 1. The van der Waals surface area contributed by atoms with Crippen LogP contribution < -0.4 is 11.1 Å². The second-order valence-electron chi connectivity index (χ2n) is 6.08. The smallest absolute Gasteiger partial charge is 0.222 e. The first-order valence-corrected chi connectivity index (χ1v) is 6.25. The zero-order valence-corrected chi connectivity index (χ0v) is 11.0. The standard InChI is InChI=1S/C13H22N4/c1-12(2,3)10-5-8-15-11(17-10)16-9-13(14)6-4-7-13/h5,8H,4,6-7,9,14H2,1-3H3,(H,15,16,17).